The molecule has 0 unspecified atom stereocenters. The molecule has 2 N–H and O–H groups in total. The van der Waals surface area contributed by atoms with Gasteiger partial charge in [0.15, 0.2) is 5.65 Å². The summed E-state index contributed by atoms with van der Waals surface area (Å²) in [5.74, 6) is 0.0596. The Morgan fingerprint density at radius 1 is 1.57 bits per heavy atom. The van der Waals surface area contributed by atoms with Crippen LogP contribution in [0, 0.1) is 0 Å². The third-order valence-electron chi connectivity index (χ3n) is 1.53. The number of fused-ring (bicyclic) bond motifs is 1. The molecule has 7 heteroatoms. The average molecular weight is 257 g/mol. The molecule has 0 aromatic carbocycles. The van der Waals surface area contributed by atoms with Crippen molar-refractivity contribution in [3.05, 3.63) is 22.8 Å². The Kier molecular flexibility index (Phi) is 2.08. The summed E-state index contributed by atoms with van der Waals surface area (Å²) in [7, 11) is 0. The second-order valence-electron chi connectivity index (χ2n) is 2.48. The van der Waals surface area contributed by atoms with Crippen molar-refractivity contribution in [3.63, 3.8) is 0 Å². The van der Waals surface area contributed by atoms with E-state index in [0.717, 1.165) is 0 Å². The number of nitrogens with one attached hydrogen (secondary N) is 1. The summed E-state index contributed by atoms with van der Waals surface area (Å²) in [5.41, 5.74) is 0.572. The van der Waals surface area contributed by atoms with Crippen molar-refractivity contribution in [2.75, 3.05) is 5.32 Å². The summed E-state index contributed by atoms with van der Waals surface area (Å²) in [6.07, 6.45) is -1.18. The molecule has 0 radical (unpaired) electrons. The Morgan fingerprint density at radius 3 is 3.00 bits per heavy atom. The first-order valence-electron chi connectivity index (χ1n) is 3.68. The molecule has 0 aliphatic heterocycles. The second-order valence-corrected chi connectivity index (χ2v) is 3.30. The van der Waals surface area contributed by atoms with Crippen LogP contribution in [0.25, 0.3) is 5.65 Å². The van der Waals surface area contributed by atoms with Crippen LogP contribution in [-0.4, -0.2) is 25.8 Å². The Morgan fingerprint density at radius 2 is 2.36 bits per heavy atom. The van der Waals surface area contributed by atoms with E-state index in [1.165, 1.54) is 4.52 Å². The van der Waals surface area contributed by atoms with E-state index in [1.807, 2.05) is 0 Å². The average Bonchev–Trinajstić information content (AvgIpc) is 2.47. The second kappa shape index (κ2) is 3.26. The van der Waals surface area contributed by atoms with Gasteiger partial charge in [0.25, 0.3) is 5.95 Å². The minimum atomic E-state index is -1.18. The van der Waals surface area contributed by atoms with Gasteiger partial charge in [-0.2, -0.15) is 4.98 Å². The zero-order valence-electron chi connectivity index (χ0n) is 6.81. The van der Waals surface area contributed by atoms with Crippen LogP contribution < -0.4 is 5.32 Å². The molecule has 72 valence electrons. The lowest BCUT2D eigenvalue weighted by Crippen LogP contribution is -2.08. The van der Waals surface area contributed by atoms with Gasteiger partial charge in [0.05, 0.1) is 0 Å². The third kappa shape index (κ3) is 1.53. The van der Waals surface area contributed by atoms with Crippen LogP contribution in [0.4, 0.5) is 10.7 Å². The summed E-state index contributed by atoms with van der Waals surface area (Å²) >= 11 is 3.26. The molecule has 0 aliphatic rings. The molecular formula is C7H5BrN4O2. The van der Waals surface area contributed by atoms with Crippen molar-refractivity contribution < 1.29 is 9.90 Å². The SMILES string of the molecule is O=C(O)Nc1nc2cccc(Br)n2n1. The topological polar surface area (TPSA) is 79.5 Å². The number of nitrogens with zero attached hydrogens (tertiary/aromatic N) is 3. The number of anilines is 1. The number of carboxylic acid groups (broad SMARTS) is 1. The van der Waals surface area contributed by atoms with Crippen LogP contribution in [0.3, 0.4) is 0 Å². The molecule has 0 saturated heterocycles. The Balaban J connectivity index is 2.51. The number of amides is 1. The van der Waals surface area contributed by atoms with Crippen molar-refractivity contribution in [1.82, 2.24) is 14.6 Å². The lowest BCUT2D eigenvalue weighted by atomic mass is 10.5. The van der Waals surface area contributed by atoms with Gasteiger partial charge in [-0.15, -0.1) is 5.10 Å². The molecule has 2 rings (SSSR count). The van der Waals surface area contributed by atoms with Crippen LogP contribution in [0.1, 0.15) is 0 Å². The number of halogens is 1. The third-order valence-corrected chi connectivity index (χ3v) is 2.13. The molecule has 0 aliphatic carbocycles. The standard InChI is InChI=1S/C7H5BrN4O2/c8-4-2-1-3-5-9-6(10-7(13)14)11-12(4)5/h1-3H,(H,10,11)(H,13,14). The fourth-order valence-electron chi connectivity index (χ4n) is 1.02. The molecule has 14 heavy (non-hydrogen) atoms. The minimum Gasteiger partial charge on any atom is -0.465 e. The summed E-state index contributed by atoms with van der Waals surface area (Å²) in [6, 6.07) is 5.30. The molecule has 2 aromatic rings. The zero-order valence-corrected chi connectivity index (χ0v) is 8.39. The maximum Gasteiger partial charge on any atom is 0.411 e. The number of carbonyl (C=O) groups is 1. The normalized spacial score (nSPS) is 10.4. The molecule has 0 bridgehead atoms. The number of pyridine rings is 1. The van der Waals surface area contributed by atoms with Gasteiger partial charge in [-0.05, 0) is 28.1 Å². The van der Waals surface area contributed by atoms with E-state index in [9.17, 15) is 4.79 Å². The first-order valence-corrected chi connectivity index (χ1v) is 4.47. The number of rotatable bonds is 1. The maximum absolute atomic E-state index is 10.3. The van der Waals surface area contributed by atoms with Crippen molar-refractivity contribution in [2.24, 2.45) is 0 Å². The molecule has 0 saturated carbocycles. The summed E-state index contributed by atoms with van der Waals surface area (Å²) < 4.78 is 2.20. The van der Waals surface area contributed by atoms with Crippen molar-refractivity contribution in [1.29, 1.82) is 0 Å². The van der Waals surface area contributed by atoms with Crippen molar-refractivity contribution >= 4 is 33.6 Å². The quantitative estimate of drug-likeness (QED) is 0.760. The Hall–Kier alpha value is -1.63. The minimum absolute atomic E-state index is 0.0596. The molecule has 0 atom stereocenters. The summed E-state index contributed by atoms with van der Waals surface area (Å²) in [4.78, 5) is 14.3. The van der Waals surface area contributed by atoms with E-state index in [0.29, 0.717) is 10.3 Å². The van der Waals surface area contributed by atoms with Crippen LogP contribution >= 0.6 is 15.9 Å². The van der Waals surface area contributed by atoms with Crippen LogP contribution in [0.2, 0.25) is 0 Å². The van der Waals surface area contributed by atoms with Gasteiger partial charge in [0, 0.05) is 0 Å². The predicted molar refractivity (Wildman–Crippen MR) is 52.3 cm³/mol. The molecule has 1 amide bonds. The first kappa shape index (κ1) is 8.95. The Labute approximate surface area is 86.7 Å². The maximum atomic E-state index is 10.3. The smallest absolute Gasteiger partial charge is 0.411 e. The highest BCUT2D eigenvalue weighted by Crippen LogP contribution is 2.13. The van der Waals surface area contributed by atoms with E-state index in [-0.39, 0.29) is 5.95 Å². The number of aromatic nitrogens is 3. The zero-order chi connectivity index (χ0) is 10.1. The monoisotopic (exact) mass is 256 g/mol. The molecule has 0 spiro atoms. The highest BCUT2D eigenvalue weighted by atomic mass is 79.9. The van der Waals surface area contributed by atoms with Gasteiger partial charge >= 0.3 is 6.09 Å². The van der Waals surface area contributed by atoms with Gasteiger partial charge in [-0.25, -0.2) is 9.31 Å². The highest BCUT2D eigenvalue weighted by molar-refractivity contribution is 9.10. The van der Waals surface area contributed by atoms with Crippen molar-refractivity contribution in [3.8, 4) is 0 Å². The van der Waals surface area contributed by atoms with Gasteiger partial charge in [-0.1, -0.05) is 6.07 Å². The van der Waals surface area contributed by atoms with E-state index < -0.39 is 6.09 Å². The largest absolute Gasteiger partial charge is 0.465 e. The summed E-state index contributed by atoms with van der Waals surface area (Å²) in [6.45, 7) is 0. The lowest BCUT2D eigenvalue weighted by Gasteiger charge is -1.92. The van der Waals surface area contributed by atoms with E-state index in [4.69, 9.17) is 5.11 Å². The molecule has 0 fully saturated rings. The number of hydrogen-bond acceptors (Lipinski definition) is 3. The van der Waals surface area contributed by atoms with E-state index in [2.05, 4.69) is 31.3 Å². The highest BCUT2D eigenvalue weighted by Gasteiger charge is 2.06. The van der Waals surface area contributed by atoms with Gasteiger partial charge in [-0.3, -0.25) is 5.32 Å². The van der Waals surface area contributed by atoms with E-state index >= 15 is 0 Å². The van der Waals surface area contributed by atoms with Gasteiger partial charge in [0.1, 0.15) is 4.60 Å². The van der Waals surface area contributed by atoms with E-state index in [1.54, 1.807) is 18.2 Å². The first-order chi connectivity index (χ1) is 6.66. The molecule has 2 heterocycles. The molecule has 6 nitrogen and oxygen atoms in total. The number of hydrogen-bond donors (Lipinski definition) is 2. The molecule has 2 aromatic heterocycles. The fourth-order valence-corrected chi connectivity index (χ4v) is 1.44. The summed E-state index contributed by atoms with van der Waals surface area (Å²) in [5, 5.41) is 14.4. The van der Waals surface area contributed by atoms with Crippen LogP contribution in [0.5, 0.6) is 0 Å². The predicted octanol–water partition coefficient (Wildman–Crippen LogP) is 1.58. The van der Waals surface area contributed by atoms with Gasteiger partial charge < -0.3 is 5.11 Å². The molecular weight excluding hydrogens is 252 g/mol. The van der Waals surface area contributed by atoms with Crippen molar-refractivity contribution in [2.45, 2.75) is 0 Å². The van der Waals surface area contributed by atoms with Gasteiger partial charge in [0.2, 0.25) is 0 Å². The lowest BCUT2D eigenvalue weighted by molar-refractivity contribution is 0.209. The van der Waals surface area contributed by atoms with Crippen LogP contribution in [-0.2, 0) is 0 Å². The fraction of sp³-hybridized carbons (Fsp3) is 0. The Bertz CT molecular complexity index is 495. The van der Waals surface area contributed by atoms with Crippen LogP contribution in [0.15, 0.2) is 22.8 Å².